The summed E-state index contributed by atoms with van der Waals surface area (Å²) in [5.41, 5.74) is -2.60. The van der Waals surface area contributed by atoms with Crippen LogP contribution in [0, 0.1) is 0 Å². The maximum absolute atomic E-state index is 10.8. The van der Waals surface area contributed by atoms with Crippen molar-refractivity contribution in [2.24, 2.45) is 0 Å². The van der Waals surface area contributed by atoms with Gasteiger partial charge in [0.15, 0.2) is 0 Å². The van der Waals surface area contributed by atoms with Gasteiger partial charge in [0.05, 0.1) is 33.0 Å². The third-order valence-corrected chi connectivity index (χ3v) is 1.71. The molecule has 1 N–H and O–H groups in total. The first-order valence-electron chi connectivity index (χ1n) is 3.93. The average Bonchev–Trinajstić information content (AvgIpc) is 2.16. The Labute approximate surface area is 104 Å². The summed E-state index contributed by atoms with van der Waals surface area (Å²) in [6, 6.07) is 0. The fraction of sp³-hybridized carbons (Fsp3) is 0.625. The SMILES string of the molecule is COC(=O)CC(O)(CC(=O)OC)C(=O)[O-].[Li+]. The molecule has 0 aromatic rings. The van der Waals surface area contributed by atoms with Gasteiger partial charge in [0.2, 0.25) is 0 Å². The van der Waals surface area contributed by atoms with Crippen LogP contribution in [0.5, 0.6) is 0 Å². The van der Waals surface area contributed by atoms with E-state index in [9.17, 15) is 24.6 Å². The molecule has 0 heterocycles. The molecule has 0 spiro atoms. The fourth-order valence-electron chi connectivity index (χ4n) is 0.829. The number of aliphatic hydroxyl groups is 1. The molecule has 0 fully saturated rings. The molecule has 0 unspecified atom stereocenters. The molecule has 0 aromatic carbocycles. The van der Waals surface area contributed by atoms with Crippen LogP contribution >= 0.6 is 0 Å². The first-order valence-corrected chi connectivity index (χ1v) is 3.93. The second kappa shape index (κ2) is 7.28. The number of aliphatic carboxylic acids is 1. The number of ether oxygens (including phenoxy) is 2. The summed E-state index contributed by atoms with van der Waals surface area (Å²) in [4.78, 5) is 32.1. The molecule has 0 bridgehead atoms. The van der Waals surface area contributed by atoms with Gasteiger partial charge in [-0.2, -0.15) is 0 Å². The Kier molecular flexibility index (Phi) is 7.90. The Balaban J connectivity index is 0. The van der Waals surface area contributed by atoms with Crippen molar-refractivity contribution in [3.05, 3.63) is 0 Å². The average molecular weight is 226 g/mol. The van der Waals surface area contributed by atoms with Crippen LogP contribution in [0.25, 0.3) is 0 Å². The predicted octanol–water partition coefficient (Wildman–Crippen LogP) is -5.40. The normalized spacial score (nSPS) is 9.94. The molecule has 0 aliphatic carbocycles. The zero-order valence-corrected chi connectivity index (χ0v) is 9.31. The Morgan fingerprint density at radius 1 is 1.12 bits per heavy atom. The van der Waals surface area contributed by atoms with Crippen molar-refractivity contribution in [1.82, 2.24) is 0 Å². The van der Waals surface area contributed by atoms with Crippen LogP contribution in [-0.2, 0) is 23.9 Å². The quantitative estimate of drug-likeness (QED) is 0.367. The van der Waals surface area contributed by atoms with E-state index in [1.807, 2.05) is 0 Å². The van der Waals surface area contributed by atoms with Crippen molar-refractivity contribution in [2.45, 2.75) is 18.4 Å². The van der Waals surface area contributed by atoms with Crippen molar-refractivity contribution in [3.8, 4) is 0 Å². The number of hydrogen-bond donors (Lipinski definition) is 1. The van der Waals surface area contributed by atoms with Crippen molar-refractivity contribution in [2.75, 3.05) is 14.2 Å². The number of esters is 2. The third-order valence-electron chi connectivity index (χ3n) is 1.71. The molecule has 0 aromatic heterocycles. The van der Waals surface area contributed by atoms with E-state index in [1.54, 1.807) is 0 Å². The van der Waals surface area contributed by atoms with E-state index >= 15 is 0 Å². The minimum atomic E-state index is -2.60. The number of carbonyl (C=O) groups excluding carboxylic acids is 3. The molecule has 0 atom stereocenters. The number of rotatable bonds is 5. The maximum Gasteiger partial charge on any atom is 1.00 e. The zero-order valence-electron chi connectivity index (χ0n) is 9.31. The van der Waals surface area contributed by atoms with Gasteiger partial charge in [0, 0.05) is 0 Å². The van der Waals surface area contributed by atoms with Gasteiger partial charge in [-0.25, -0.2) is 0 Å². The van der Waals surface area contributed by atoms with Gasteiger partial charge in [0.25, 0.3) is 0 Å². The second-order valence-corrected chi connectivity index (χ2v) is 2.82. The molecule has 0 aliphatic rings. The molecule has 0 saturated heterocycles. The Morgan fingerprint density at radius 2 is 1.44 bits per heavy atom. The molecule has 0 rings (SSSR count). The molecule has 0 radical (unpaired) electrons. The first-order chi connectivity index (χ1) is 6.85. The van der Waals surface area contributed by atoms with E-state index in [2.05, 4.69) is 9.47 Å². The van der Waals surface area contributed by atoms with E-state index in [0.29, 0.717) is 0 Å². The monoisotopic (exact) mass is 226 g/mol. The molecule has 7 nitrogen and oxygen atoms in total. The van der Waals surface area contributed by atoms with Crippen LogP contribution < -0.4 is 24.0 Å². The molecular weight excluding hydrogens is 215 g/mol. The molecule has 0 amide bonds. The van der Waals surface area contributed by atoms with E-state index < -0.39 is 36.4 Å². The summed E-state index contributed by atoms with van der Waals surface area (Å²) in [5.74, 6) is -3.87. The van der Waals surface area contributed by atoms with Gasteiger partial charge in [0.1, 0.15) is 5.60 Å². The second-order valence-electron chi connectivity index (χ2n) is 2.82. The molecule has 86 valence electrons. The van der Waals surface area contributed by atoms with Gasteiger partial charge >= 0.3 is 30.8 Å². The summed E-state index contributed by atoms with van der Waals surface area (Å²) in [6.07, 6.45) is -1.75. The van der Waals surface area contributed by atoms with Crippen LogP contribution in [0.4, 0.5) is 0 Å². The van der Waals surface area contributed by atoms with Crippen molar-refractivity contribution in [1.29, 1.82) is 0 Å². The number of carbonyl (C=O) groups is 3. The van der Waals surface area contributed by atoms with E-state index in [4.69, 9.17) is 0 Å². The van der Waals surface area contributed by atoms with Crippen LogP contribution in [0.1, 0.15) is 12.8 Å². The Morgan fingerprint density at radius 3 is 1.62 bits per heavy atom. The largest absolute Gasteiger partial charge is 1.00 e. The van der Waals surface area contributed by atoms with Gasteiger partial charge in [-0.15, -0.1) is 0 Å². The Hall–Kier alpha value is -1.03. The molecule has 0 aliphatic heterocycles. The first kappa shape index (κ1) is 17.4. The number of methoxy groups -OCH3 is 2. The standard InChI is InChI=1S/C8H12O7.Li/c1-14-5(9)3-8(13,7(11)12)4-6(10)15-2;/h13H,3-4H2,1-2H3,(H,11,12);/q;+1/p-1. The summed E-state index contributed by atoms with van der Waals surface area (Å²) in [6.45, 7) is 0. The number of hydrogen-bond acceptors (Lipinski definition) is 7. The topological polar surface area (TPSA) is 113 Å². The molecule has 16 heavy (non-hydrogen) atoms. The van der Waals surface area contributed by atoms with Gasteiger partial charge < -0.3 is 24.5 Å². The van der Waals surface area contributed by atoms with E-state index in [1.165, 1.54) is 0 Å². The predicted molar refractivity (Wildman–Crippen MR) is 43.2 cm³/mol. The van der Waals surface area contributed by atoms with Crippen LogP contribution in [0.3, 0.4) is 0 Å². The fourth-order valence-corrected chi connectivity index (χ4v) is 0.829. The number of carboxylic acid groups (broad SMARTS) is 1. The van der Waals surface area contributed by atoms with Gasteiger partial charge in [-0.1, -0.05) is 0 Å². The Bertz CT molecular complexity index is 258. The zero-order chi connectivity index (χ0) is 12.1. The smallest absolute Gasteiger partial charge is 0.547 e. The van der Waals surface area contributed by atoms with E-state index in [0.717, 1.165) is 14.2 Å². The summed E-state index contributed by atoms with van der Waals surface area (Å²) in [7, 11) is 2.05. The third kappa shape index (κ3) is 5.16. The van der Waals surface area contributed by atoms with Crippen LogP contribution in [0.2, 0.25) is 0 Å². The summed E-state index contributed by atoms with van der Waals surface area (Å²) in [5, 5.41) is 20.0. The minimum Gasteiger partial charge on any atom is -0.547 e. The van der Waals surface area contributed by atoms with E-state index in [-0.39, 0.29) is 18.9 Å². The van der Waals surface area contributed by atoms with Crippen LogP contribution in [0.15, 0.2) is 0 Å². The van der Waals surface area contributed by atoms with Gasteiger partial charge in [-0.05, 0) is 0 Å². The van der Waals surface area contributed by atoms with Crippen LogP contribution in [-0.4, -0.2) is 42.8 Å². The van der Waals surface area contributed by atoms with Crippen molar-refractivity contribution in [3.63, 3.8) is 0 Å². The molecule has 0 saturated carbocycles. The maximum atomic E-state index is 10.8. The summed E-state index contributed by atoms with van der Waals surface area (Å²) < 4.78 is 8.34. The van der Waals surface area contributed by atoms with Crippen molar-refractivity contribution >= 4 is 17.9 Å². The molecular formula is C8H11LiO7. The summed E-state index contributed by atoms with van der Waals surface area (Å²) >= 11 is 0. The number of carboxylic acids is 1. The van der Waals surface area contributed by atoms with Crippen molar-refractivity contribution < 1.29 is 52.9 Å². The van der Waals surface area contributed by atoms with Gasteiger partial charge in [-0.3, -0.25) is 9.59 Å². The molecule has 8 heteroatoms. The minimum absolute atomic E-state index is 0.